The van der Waals surface area contributed by atoms with Crippen LogP contribution >= 0.6 is 35.3 Å². The summed E-state index contributed by atoms with van der Waals surface area (Å²) in [5.74, 6) is 1.34. The molecule has 25 heavy (non-hydrogen) atoms. The lowest BCUT2D eigenvalue weighted by Gasteiger charge is -2.15. The quantitative estimate of drug-likeness (QED) is 0.340. The summed E-state index contributed by atoms with van der Waals surface area (Å²) in [5.41, 5.74) is 2.37. The van der Waals surface area contributed by atoms with Gasteiger partial charge in [-0.15, -0.1) is 35.3 Å². The van der Waals surface area contributed by atoms with E-state index in [4.69, 9.17) is 4.74 Å². The smallest absolute Gasteiger partial charge is 0.191 e. The number of nitrogens with one attached hydrogen (secondary N) is 2. The van der Waals surface area contributed by atoms with E-state index in [2.05, 4.69) is 71.3 Å². The van der Waals surface area contributed by atoms with Gasteiger partial charge in [-0.05, 0) is 29.5 Å². The Hall–Kier alpha value is -1.12. The van der Waals surface area contributed by atoms with Crippen LogP contribution in [0.2, 0.25) is 0 Å². The van der Waals surface area contributed by atoms with E-state index in [1.165, 1.54) is 16.0 Å². The Balaban J connectivity index is 0.00000312. The van der Waals surface area contributed by atoms with Crippen molar-refractivity contribution in [3.05, 3.63) is 57.8 Å². The zero-order chi connectivity index (χ0) is 17.2. The molecular formula is C19H28IN3OS. The number of hydrogen-bond acceptors (Lipinski definition) is 3. The fraction of sp³-hybridized carbons (Fsp3) is 0.421. The minimum Gasteiger partial charge on any atom is -0.380 e. The normalized spacial score (nSPS) is 12.4. The molecule has 0 radical (unpaired) electrons. The number of ether oxygens (including phenoxy) is 1. The minimum absolute atomic E-state index is 0. The van der Waals surface area contributed by atoms with Gasteiger partial charge in [0.05, 0.1) is 13.2 Å². The van der Waals surface area contributed by atoms with Crippen LogP contribution in [-0.2, 0) is 17.9 Å². The van der Waals surface area contributed by atoms with Crippen molar-refractivity contribution < 1.29 is 4.74 Å². The molecular weight excluding hydrogens is 445 g/mol. The largest absolute Gasteiger partial charge is 0.380 e. The van der Waals surface area contributed by atoms with Crippen molar-refractivity contribution in [3.8, 4) is 0 Å². The van der Waals surface area contributed by atoms with Gasteiger partial charge < -0.3 is 15.4 Å². The number of halogens is 1. The number of nitrogens with zero attached hydrogens (tertiary/aromatic N) is 1. The molecule has 0 spiro atoms. The van der Waals surface area contributed by atoms with Gasteiger partial charge in [-0.2, -0.15) is 0 Å². The van der Waals surface area contributed by atoms with Crippen molar-refractivity contribution in [2.24, 2.45) is 4.99 Å². The van der Waals surface area contributed by atoms with Crippen LogP contribution in [0.5, 0.6) is 0 Å². The molecule has 1 aromatic heterocycles. The molecule has 2 aromatic rings. The van der Waals surface area contributed by atoms with Gasteiger partial charge in [-0.25, -0.2) is 4.99 Å². The van der Waals surface area contributed by atoms with E-state index >= 15 is 0 Å². The number of guanidine groups is 1. The van der Waals surface area contributed by atoms with Gasteiger partial charge in [-0.1, -0.05) is 37.3 Å². The summed E-state index contributed by atoms with van der Waals surface area (Å²) in [7, 11) is 1.71. The molecule has 0 aliphatic rings. The maximum absolute atomic E-state index is 5.14. The highest BCUT2D eigenvalue weighted by Crippen LogP contribution is 2.19. The average Bonchev–Trinajstić information content (AvgIpc) is 3.13. The molecule has 1 unspecified atom stereocenters. The van der Waals surface area contributed by atoms with E-state index in [0.717, 1.165) is 19.0 Å². The summed E-state index contributed by atoms with van der Waals surface area (Å²) < 4.78 is 5.14. The standard InChI is InChI=1S/C19H27N3OS.HI/c1-4-20-19(21-12-15(2)18-6-5-11-24-18)22-13-16-7-9-17(10-8-16)14-23-3;/h5-11,15H,4,12-14H2,1-3H3,(H2,20,21,22);1H. The second-order valence-corrected chi connectivity index (χ2v) is 6.72. The number of aliphatic imine (C=N–C) groups is 1. The molecule has 0 fully saturated rings. The van der Waals surface area contributed by atoms with E-state index in [0.29, 0.717) is 19.1 Å². The fourth-order valence-corrected chi connectivity index (χ4v) is 3.13. The molecule has 0 saturated carbocycles. The van der Waals surface area contributed by atoms with Gasteiger partial charge in [-0.3, -0.25) is 0 Å². The number of methoxy groups -OCH3 is 1. The van der Waals surface area contributed by atoms with E-state index in [-0.39, 0.29) is 24.0 Å². The maximum atomic E-state index is 5.14. The number of rotatable bonds is 8. The highest BCUT2D eigenvalue weighted by molar-refractivity contribution is 14.0. The van der Waals surface area contributed by atoms with Crippen molar-refractivity contribution >= 4 is 41.3 Å². The van der Waals surface area contributed by atoms with Gasteiger partial charge >= 0.3 is 0 Å². The van der Waals surface area contributed by atoms with Crippen LogP contribution < -0.4 is 10.6 Å². The monoisotopic (exact) mass is 473 g/mol. The Morgan fingerprint density at radius 3 is 2.48 bits per heavy atom. The van der Waals surface area contributed by atoms with Crippen LogP contribution in [0, 0.1) is 0 Å². The van der Waals surface area contributed by atoms with Crippen LogP contribution in [0.3, 0.4) is 0 Å². The van der Waals surface area contributed by atoms with Crippen LogP contribution in [0.15, 0.2) is 46.8 Å². The molecule has 4 nitrogen and oxygen atoms in total. The predicted molar refractivity (Wildman–Crippen MR) is 118 cm³/mol. The van der Waals surface area contributed by atoms with Crippen LogP contribution in [-0.4, -0.2) is 26.2 Å². The highest BCUT2D eigenvalue weighted by Gasteiger charge is 2.07. The second kappa shape index (κ2) is 12.3. The maximum Gasteiger partial charge on any atom is 0.191 e. The molecule has 2 N–H and O–H groups in total. The summed E-state index contributed by atoms with van der Waals surface area (Å²) >= 11 is 1.80. The summed E-state index contributed by atoms with van der Waals surface area (Å²) in [4.78, 5) is 6.07. The molecule has 0 amide bonds. The van der Waals surface area contributed by atoms with Crippen LogP contribution in [0.4, 0.5) is 0 Å². The third kappa shape index (κ3) is 7.75. The topological polar surface area (TPSA) is 45.7 Å². The first-order valence-corrected chi connectivity index (χ1v) is 9.23. The third-order valence-electron chi connectivity index (χ3n) is 3.70. The first-order chi connectivity index (χ1) is 11.7. The molecule has 1 heterocycles. The molecule has 0 aliphatic heterocycles. The molecule has 138 valence electrons. The van der Waals surface area contributed by atoms with Gasteiger partial charge in [0.1, 0.15) is 0 Å². The van der Waals surface area contributed by atoms with E-state index < -0.39 is 0 Å². The summed E-state index contributed by atoms with van der Waals surface area (Å²) in [6.45, 7) is 7.35. The Morgan fingerprint density at radius 2 is 1.88 bits per heavy atom. The predicted octanol–water partition coefficient (Wildman–Crippen LogP) is 4.37. The van der Waals surface area contributed by atoms with Crippen molar-refractivity contribution in [1.82, 2.24) is 10.6 Å². The fourth-order valence-electron chi connectivity index (χ4n) is 2.34. The van der Waals surface area contributed by atoms with Gasteiger partial charge in [0, 0.05) is 31.0 Å². The Bertz CT molecular complexity index is 614. The van der Waals surface area contributed by atoms with Crippen LogP contribution in [0.1, 0.15) is 35.8 Å². The Morgan fingerprint density at radius 1 is 1.16 bits per heavy atom. The lowest BCUT2D eigenvalue weighted by atomic mass is 10.1. The van der Waals surface area contributed by atoms with E-state index in [1.807, 2.05) is 0 Å². The van der Waals surface area contributed by atoms with Gasteiger partial charge in [0.15, 0.2) is 5.96 Å². The van der Waals surface area contributed by atoms with Crippen LogP contribution in [0.25, 0.3) is 0 Å². The highest BCUT2D eigenvalue weighted by atomic mass is 127. The Labute approximate surface area is 172 Å². The minimum atomic E-state index is 0. The average molecular weight is 473 g/mol. The first-order valence-electron chi connectivity index (χ1n) is 8.35. The number of hydrogen-bond donors (Lipinski definition) is 2. The summed E-state index contributed by atoms with van der Waals surface area (Å²) in [5, 5.41) is 8.87. The lowest BCUT2D eigenvalue weighted by Crippen LogP contribution is -2.39. The lowest BCUT2D eigenvalue weighted by molar-refractivity contribution is 0.185. The third-order valence-corrected chi connectivity index (χ3v) is 4.81. The number of benzene rings is 1. The van der Waals surface area contributed by atoms with Gasteiger partial charge in [0.2, 0.25) is 0 Å². The second-order valence-electron chi connectivity index (χ2n) is 5.74. The molecule has 0 aliphatic carbocycles. The van der Waals surface area contributed by atoms with Crippen molar-refractivity contribution in [2.75, 3.05) is 20.2 Å². The molecule has 1 aromatic carbocycles. The van der Waals surface area contributed by atoms with Crippen molar-refractivity contribution in [3.63, 3.8) is 0 Å². The molecule has 0 bridgehead atoms. The Kier molecular flexibility index (Phi) is 10.8. The molecule has 1 atom stereocenters. The first kappa shape index (κ1) is 21.9. The SMILES string of the molecule is CCNC(=NCc1ccc(COC)cc1)NCC(C)c1cccs1.I. The van der Waals surface area contributed by atoms with E-state index in [9.17, 15) is 0 Å². The molecule has 0 saturated heterocycles. The zero-order valence-corrected chi connectivity index (χ0v) is 18.3. The molecule has 6 heteroatoms. The van der Waals surface area contributed by atoms with E-state index in [1.54, 1.807) is 18.4 Å². The van der Waals surface area contributed by atoms with Crippen molar-refractivity contribution in [1.29, 1.82) is 0 Å². The summed E-state index contributed by atoms with van der Waals surface area (Å²) in [6.07, 6.45) is 0. The van der Waals surface area contributed by atoms with Crippen molar-refractivity contribution in [2.45, 2.75) is 32.9 Å². The van der Waals surface area contributed by atoms with Gasteiger partial charge in [0.25, 0.3) is 0 Å². The zero-order valence-electron chi connectivity index (χ0n) is 15.1. The molecule has 2 rings (SSSR count). The number of thiophene rings is 1. The summed E-state index contributed by atoms with van der Waals surface area (Å²) in [6, 6.07) is 12.7.